The van der Waals surface area contributed by atoms with Crippen LogP contribution in [0.2, 0.25) is 0 Å². The highest BCUT2D eigenvalue weighted by molar-refractivity contribution is 4.81. The molecule has 2 aliphatic rings. The van der Waals surface area contributed by atoms with Gasteiger partial charge in [0.05, 0.1) is 6.10 Å². The molecule has 0 bridgehead atoms. The monoisotopic (exact) mass is 267 g/mol. The molecule has 0 aromatic rings. The van der Waals surface area contributed by atoms with E-state index in [1.165, 1.54) is 51.5 Å². The lowest BCUT2D eigenvalue weighted by atomic mass is 9.80. The summed E-state index contributed by atoms with van der Waals surface area (Å²) in [6.45, 7) is 9.09. The van der Waals surface area contributed by atoms with Crippen LogP contribution in [0, 0.1) is 17.8 Å². The highest BCUT2D eigenvalue weighted by Crippen LogP contribution is 2.30. The number of rotatable bonds is 5. The molecule has 1 aliphatic heterocycles. The third-order valence-corrected chi connectivity index (χ3v) is 5.30. The molecule has 2 heteroatoms. The second kappa shape index (κ2) is 7.64. The van der Waals surface area contributed by atoms with Gasteiger partial charge in [0.15, 0.2) is 0 Å². The van der Waals surface area contributed by atoms with Crippen LogP contribution in [0.1, 0.15) is 65.7 Å². The molecule has 1 aliphatic carbocycles. The molecule has 1 N–H and O–H groups in total. The van der Waals surface area contributed by atoms with E-state index in [0.717, 1.165) is 18.4 Å². The molecule has 112 valence electrons. The summed E-state index contributed by atoms with van der Waals surface area (Å²) in [6.07, 6.45) is 10.1. The largest absolute Gasteiger partial charge is 0.378 e. The first-order valence-corrected chi connectivity index (χ1v) is 8.54. The second-order valence-electron chi connectivity index (χ2n) is 7.08. The maximum atomic E-state index is 5.85. The van der Waals surface area contributed by atoms with Crippen LogP contribution >= 0.6 is 0 Å². The third-order valence-electron chi connectivity index (χ3n) is 5.30. The quantitative estimate of drug-likeness (QED) is 0.813. The maximum absolute atomic E-state index is 5.85. The SMILES string of the molecule is CCC1CCC(CNC2CCOC(C(C)C)C2)CC1. The van der Waals surface area contributed by atoms with Crippen LogP contribution in [-0.2, 0) is 4.74 Å². The van der Waals surface area contributed by atoms with E-state index >= 15 is 0 Å². The first-order chi connectivity index (χ1) is 9.19. The predicted molar refractivity (Wildman–Crippen MR) is 81.3 cm³/mol. The average molecular weight is 267 g/mol. The minimum Gasteiger partial charge on any atom is -0.378 e. The molecule has 2 unspecified atom stereocenters. The first kappa shape index (κ1) is 15.3. The van der Waals surface area contributed by atoms with Gasteiger partial charge in [0, 0.05) is 12.6 Å². The molecule has 0 aromatic heterocycles. The minimum absolute atomic E-state index is 0.474. The Balaban J connectivity index is 1.65. The van der Waals surface area contributed by atoms with E-state index in [0.29, 0.717) is 18.1 Å². The summed E-state index contributed by atoms with van der Waals surface area (Å²) in [6, 6.07) is 0.699. The minimum atomic E-state index is 0.474. The summed E-state index contributed by atoms with van der Waals surface area (Å²) >= 11 is 0. The van der Waals surface area contributed by atoms with Gasteiger partial charge in [-0.3, -0.25) is 0 Å². The Bertz CT molecular complexity index is 246. The van der Waals surface area contributed by atoms with E-state index in [1.54, 1.807) is 0 Å². The van der Waals surface area contributed by atoms with Crippen molar-refractivity contribution >= 4 is 0 Å². The predicted octanol–water partition coefficient (Wildman–Crippen LogP) is 4.00. The molecular weight excluding hydrogens is 234 g/mol. The van der Waals surface area contributed by atoms with E-state index in [9.17, 15) is 0 Å². The summed E-state index contributed by atoms with van der Waals surface area (Å²) in [5.41, 5.74) is 0. The highest BCUT2D eigenvalue weighted by Gasteiger charge is 2.26. The molecule has 2 fully saturated rings. The van der Waals surface area contributed by atoms with Crippen LogP contribution in [0.25, 0.3) is 0 Å². The lowest BCUT2D eigenvalue weighted by Crippen LogP contribution is -2.42. The molecule has 0 amide bonds. The van der Waals surface area contributed by atoms with Gasteiger partial charge in [-0.05, 0) is 50.0 Å². The molecule has 19 heavy (non-hydrogen) atoms. The van der Waals surface area contributed by atoms with Crippen LogP contribution in [0.5, 0.6) is 0 Å². The Morgan fingerprint density at radius 1 is 1.05 bits per heavy atom. The lowest BCUT2D eigenvalue weighted by molar-refractivity contribution is -0.0250. The van der Waals surface area contributed by atoms with Gasteiger partial charge in [-0.2, -0.15) is 0 Å². The van der Waals surface area contributed by atoms with Gasteiger partial charge in [-0.1, -0.05) is 40.0 Å². The summed E-state index contributed by atoms with van der Waals surface area (Å²) < 4.78 is 5.85. The number of hydrogen-bond acceptors (Lipinski definition) is 2. The molecule has 1 heterocycles. The van der Waals surface area contributed by atoms with Gasteiger partial charge in [-0.25, -0.2) is 0 Å². The average Bonchev–Trinajstić information content (AvgIpc) is 2.46. The fourth-order valence-corrected chi connectivity index (χ4v) is 3.66. The molecule has 1 saturated carbocycles. The number of hydrogen-bond donors (Lipinski definition) is 1. The smallest absolute Gasteiger partial charge is 0.0612 e. The molecular formula is C17H33NO. The normalized spacial score (nSPS) is 36.6. The van der Waals surface area contributed by atoms with E-state index in [4.69, 9.17) is 4.74 Å². The molecule has 0 radical (unpaired) electrons. The van der Waals surface area contributed by atoms with Gasteiger partial charge in [0.2, 0.25) is 0 Å². The van der Waals surface area contributed by atoms with Crippen LogP contribution in [0.4, 0.5) is 0 Å². The summed E-state index contributed by atoms with van der Waals surface area (Å²) in [7, 11) is 0. The van der Waals surface area contributed by atoms with Crippen molar-refractivity contribution in [3.8, 4) is 0 Å². The Hall–Kier alpha value is -0.0800. The van der Waals surface area contributed by atoms with Crippen LogP contribution in [-0.4, -0.2) is 25.3 Å². The van der Waals surface area contributed by atoms with Crippen molar-refractivity contribution in [2.24, 2.45) is 17.8 Å². The van der Waals surface area contributed by atoms with Crippen molar-refractivity contribution in [2.45, 2.75) is 77.9 Å². The van der Waals surface area contributed by atoms with Crippen molar-refractivity contribution in [2.75, 3.05) is 13.2 Å². The number of ether oxygens (including phenoxy) is 1. The van der Waals surface area contributed by atoms with Gasteiger partial charge in [-0.15, -0.1) is 0 Å². The van der Waals surface area contributed by atoms with E-state index in [-0.39, 0.29) is 0 Å². The Morgan fingerprint density at radius 3 is 2.37 bits per heavy atom. The standard InChI is InChI=1S/C17H33NO/c1-4-14-5-7-15(8-6-14)12-18-16-9-10-19-17(11-16)13(2)3/h13-18H,4-12H2,1-3H3. The Kier molecular flexibility index (Phi) is 6.15. The van der Waals surface area contributed by atoms with Gasteiger partial charge in [0.1, 0.15) is 0 Å². The van der Waals surface area contributed by atoms with E-state index in [2.05, 4.69) is 26.1 Å². The van der Waals surface area contributed by atoms with E-state index in [1.807, 2.05) is 0 Å². The molecule has 0 aromatic carbocycles. The fraction of sp³-hybridized carbons (Fsp3) is 1.00. The zero-order valence-corrected chi connectivity index (χ0v) is 13.2. The summed E-state index contributed by atoms with van der Waals surface area (Å²) in [5.74, 6) is 2.61. The topological polar surface area (TPSA) is 21.3 Å². The van der Waals surface area contributed by atoms with Crippen molar-refractivity contribution in [3.05, 3.63) is 0 Å². The molecule has 2 atom stereocenters. The summed E-state index contributed by atoms with van der Waals surface area (Å²) in [4.78, 5) is 0. The first-order valence-electron chi connectivity index (χ1n) is 8.54. The van der Waals surface area contributed by atoms with Gasteiger partial charge in [0.25, 0.3) is 0 Å². The van der Waals surface area contributed by atoms with Gasteiger partial charge >= 0.3 is 0 Å². The Morgan fingerprint density at radius 2 is 1.74 bits per heavy atom. The van der Waals surface area contributed by atoms with Gasteiger partial charge < -0.3 is 10.1 Å². The fourth-order valence-electron chi connectivity index (χ4n) is 3.66. The summed E-state index contributed by atoms with van der Waals surface area (Å²) in [5, 5.41) is 3.83. The van der Waals surface area contributed by atoms with Crippen molar-refractivity contribution < 1.29 is 4.74 Å². The Labute approximate surface area is 119 Å². The zero-order valence-electron chi connectivity index (χ0n) is 13.2. The lowest BCUT2D eigenvalue weighted by Gasteiger charge is -2.34. The molecule has 2 rings (SSSR count). The third kappa shape index (κ3) is 4.75. The van der Waals surface area contributed by atoms with Crippen LogP contribution in [0.15, 0.2) is 0 Å². The van der Waals surface area contributed by atoms with E-state index < -0.39 is 0 Å². The zero-order chi connectivity index (χ0) is 13.7. The van der Waals surface area contributed by atoms with Crippen LogP contribution < -0.4 is 5.32 Å². The maximum Gasteiger partial charge on any atom is 0.0612 e. The van der Waals surface area contributed by atoms with Crippen molar-refractivity contribution in [1.29, 1.82) is 0 Å². The second-order valence-corrected chi connectivity index (χ2v) is 7.08. The molecule has 0 spiro atoms. The highest BCUT2D eigenvalue weighted by atomic mass is 16.5. The molecule has 1 saturated heterocycles. The van der Waals surface area contributed by atoms with Crippen molar-refractivity contribution in [3.63, 3.8) is 0 Å². The van der Waals surface area contributed by atoms with Crippen molar-refractivity contribution in [1.82, 2.24) is 5.32 Å². The molecule has 2 nitrogen and oxygen atoms in total. The number of nitrogens with one attached hydrogen (secondary N) is 1. The van der Waals surface area contributed by atoms with Crippen LogP contribution in [0.3, 0.4) is 0 Å².